The molecule has 0 aromatic heterocycles. The molecule has 0 spiro atoms. The third-order valence-electron chi connectivity index (χ3n) is 6.24. The fourth-order valence-electron chi connectivity index (χ4n) is 4.60. The van der Waals surface area contributed by atoms with Crippen LogP contribution in [0.2, 0.25) is 0 Å². The number of nitrogens with one attached hydrogen (secondary N) is 3. The van der Waals surface area contributed by atoms with Gasteiger partial charge in [-0.2, -0.15) is 0 Å². The lowest BCUT2D eigenvalue weighted by Gasteiger charge is -2.22. The standard InChI is InChI=1S/C19H34N4O3/c1-2-10-20-13-16-21-18(26-23-16)19(12-17(24)22-25)11-15(19)9-8-14-6-4-3-5-7-14/h14-16,20,23,25H,2-13H2,1H3,(H,22,24)/t15?,16?,19-/m1/s1. The normalized spacial score (nSPS) is 31.4. The summed E-state index contributed by atoms with van der Waals surface area (Å²) in [5, 5.41) is 12.3. The van der Waals surface area contributed by atoms with Gasteiger partial charge in [-0.25, -0.2) is 10.5 Å². The summed E-state index contributed by atoms with van der Waals surface area (Å²) in [6.07, 6.45) is 11.3. The molecule has 3 rings (SSSR count). The summed E-state index contributed by atoms with van der Waals surface area (Å²) in [7, 11) is 0. The van der Waals surface area contributed by atoms with Gasteiger partial charge in [0.1, 0.15) is 6.17 Å². The Hall–Kier alpha value is -1.18. The molecule has 1 aliphatic heterocycles. The Kier molecular flexibility index (Phi) is 6.89. The van der Waals surface area contributed by atoms with Crippen molar-refractivity contribution in [2.45, 2.75) is 77.3 Å². The minimum absolute atomic E-state index is 0.106. The zero-order valence-electron chi connectivity index (χ0n) is 15.9. The number of carbonyl (C=O) groups is 1. The molecule has 0 bridgehead atoms. The zero-order chi connectivity index (χ0) is 18.4. The van der Waals surface area contributed by atoms with E-state index in [2.05, 4.69) is 22.7 Å². The van der Waals surface area contributed by atoms with E-state index in [1.807, 2.05) is 0 Å². The quantitative estimate of drug-likeness (QED) is 0.271. The lowest BCUT2D eigenvalue weighted by atomic mass is 9.84. The molecule has 148 valence electrons. The van der Waals surface area contributed by atoms with Crippen molar-refractivity contribution in [2.75, 3.05) is 13.1 Å². The first-order valence-electron chi connectivity index (χ1n) is 10.3. The summed E-state index contributed by atoms with van der Waals surface area (Å²) in [5.41, 5.74) is 4.41. The number of aliphatic imine (C=N–C) groups is 1. The SMILES string of the molecule is CCCNCC1N=C([C@@]2(CC(=O)NO)CC2CCC2CCCCC2)ON1. The fraction of sp³-hybridized carbons (Fsp3) is 0.895. The number of hydrogen-bond donors (Lipinski definition) is 4. The van der Waals surface area contributed by atoms with Crippen LogP contribution in [0.15, 0.2) is 4.99 Å². The molecule has 7 heteroatoms. The van der Waals surface area contributed by atoms with Crippen molar-refractivity contribution in [3.63, 3.8) is 0 Å². The van der Waals surface area contributed by atoms with Gasteiger partial charge < -0.3 is 10.2 Å². The van der Waals surface area contributed by atoms with Gasteiger partial charge in [-0.3, -0.25) is 10.0 Å². The van der Waals surface area contributed by atoms with Crippen LogP contribution in [0.4, 0.5) is 0 Å². The molecular formula is C19H34N4O3. The highest BCUT2D eigenvalue weighted by molar-refractivity contribution is 5.92. The number of carbonyl (C=O) groups excluding carboxylic acids is 1. The molecule has 0 saturated heterocycles. The lowest BCUT2D eigenvalue weighted by Crippen LogP contribution is -2.34. The first kappa shape index (κ1) is 19.6. The maximum atomic E-state index is 11.9. The highest BCUT2D eigenvalue weighted by Crippen LogP contribution is 2.59. The van der Waals surface area contributed by atoms with Crippen LogP contribution in [0, 0.1) is 17.3 Å². The number of nitrogens with zero attached hydrogens (tertiary/aromatic N) is 1. The van der Waals surface area contributed by atoms with Crippen molar-refractivity contribution in [1.82, 2.24) is 16.3 Å². The van der Waals surface area contributed by atoms with Crippen molar-refractivity contribution >= 4 is 11.8 Å². The van der Waals surface area contributed by atoms with Gasteiger partial charge in [-0.1, -0.05) is 45.4 Å². The lowest BCUT2D eigenvalue weighted by molar-refractivity contribution is -0.130. The second kappa shape index (κ2) is 9.15. The summed E-state index contributed by atoms with van der Waals surface area (Å²) in [4.78, 5) is 22.2. The van der Waals surface area contributed by atoms with E-state index in [-0.39, 0.29) is 23.9 Å². The Morgan fingerprint density at radius 2 is 2.15 bits per heavy atom. The molecule has 2 saturated carbocycles. The number of hydrogen-bond acceptors (Lipinski definition) is 6. The van der Waals surface area contributed by atoms with Crippen LogP contribution in [0.3, 0.4) is 0 Å². The minimum atomic E-state index is -0.357. The fourth-order valence-corrected chi connectivity index (χ4v) is 4.60. The topological polar surface area (TPSA) is 95.0 Å². The van der Waals surface area contributed by atoms with E-state index in [9.17, 15) is 4.79 Å². The van der Waals surface area contributed by atoms with Crippen molar-refractivity contribution in [3.8, 4) is 0 Å². The minimum Gasteiger partial charge on any atom is -0.391 e. The monoisotopic (exact) mass is 366 g/mol. The van der Waals surface area contributed by atoms with E-state index in [0.717, 1.165) is 31.7 Å². The summed E-state index contributed by atoms with van der Waals surface area (Å²) < 4.78 is 0. The van der Waals surface area contributed by atoms with Crippen molar-refractivity contribution < 1.29 is 14.8 Å². The molecule has 0 radical (unpaired) electrons. The van der Waals surface area contributed by atoms with Crippen LogP contribution in [-0.4, -0.2) is 36.3 Å². The second-order valence-electron chi connectivity index (χ2n) is 8.22. The van der Waals surface area contributed by atoms with Crippen molar-refractivity contribution in [3.05, 3.63) is 0 Å². The number of hydroxylamine groups is 2. The Morgan fingerprint density at radius 3 is 2.88 bits per heavy atom. The van der Waals surface area contributed by atoms with Gasteiger partial charge in [0.2, 0.25) is 11.8 Å². The molecule has 3 atom stereocenters. The molecule has 1 amide bonds. The first-order chi connectivity index (χ1) is 12.7. The van der Waals surface area contributed by atoms with Gasteiger partial charge >= 0.3 is 0 Å². The van der Waals surface area contributed by atoms with E-state index in [1.165, 1.54) is 38.5 Å². The summed E-state index contributed by atoms with van der Waals surface area (Å²) in [6, 6.07) is 0. The Balaban J connectivity index is 1.57. The van der Waals surface area contributed by atoms with Gasteiger partial charge in [0, 0.05) is 13.0 Å². The van der Waals surface area contributed by atoms with Gasteiger partial charge in [-0.15, -0.1) is 5.48 Å². The third-order valence-corrected chi connectivity index (χ3v) is 6.24. The summed E-state index contributed by atoms with van der Waals surface area (Å²) >= 11 is 0. The van der Waals surface area contributed by atoms with E-state index in [0.29, 0.717) is 18.4 Å². The predicted molar refractivity (Wildman–Crippen MR) is 99.5 cm³/mol. The van der Waals surface area contributed by atoms with Gasteiger partial charge in [0.05, 0.1) is 5.41 Å². The second-order valence-corrected chi connectivity index (χ2v) is 8.22. The van der Waals surface area contributed by atoms with Crippen LogP contribution in [0.25, 0.3) is 0 Å². The highest BCUT2D eigenvalue weighted by atomic mass is 16.7. The Morgan fingerprint density at radius 1 is 1.35 bits per heavy atom. The van der Waals surface area contributed by atoms with E-state index in [4.69, 9.17) is 10.0 Å². The number of rotatable bonds is 10. The van der Waals surface area contributed by atoms with Crippen molar-refractivity contribution in [2.24, 2.45) is 22.2 Å². The summed E-state index contributed by atoms with van der Waals surface area (Å²) in [6.45, 7) is 3.79. The van der Waals surface area contributed by atoms with Gasteiger partial charge in [0.25, 0.3) is 0 Å². The molecule has 7 nitrogen and oxygen atoms in total. The highest BCUT2D eigenvalue weighted by Gasteiger charge is 2.61. The molecule has 0 aromatic rings. The maximum Gasteiger partial charge on any atom is 0.244 e. The zero-order valence-corrected chi connectivity index (χ0v) is 15.9. The van der Waals surface area contributed by atoms with Gasteiger partial charge in [-0.05, 0) is 37.6 Å². The van der Waals surface area contributed by atoms with E-state index >= 15 is 0 Å². The van der Waals surface area contributed by atoms with Crippen molar-refractivity contribution in [1.29, 1.82) is 0 Å². The smallest absolute Gasteiger partial charge is 0.244 e. The Bertz CT molecular complexity index is 507. The Labute approximate surface area is 156 Å². The molecule has 3 aliphatic rings. The summed E-state index contributed by atoms with van der Waals surface area (Å²) in [5.74, 6) is 1.55. The largest absolute Gasteiger partial charge is 0.391 e. The predicted octanol–water partition coefficient (Wildman–Crippen LogP) is 2.51. The molecule has 0 aromatic carbocycles. The van der Waals surface area contributed by atoms with Crippen LogP contribution in [0.5, 0.6) is 0 Å². The molecular weight excluding hydrogens is 332 g/mol. The molecule has 4 N–H and O–H groups in total. The van der Waals surface area contributed by atoms with E-state index in [1.54, 1.807) is 5.48 Å². The van der Waals surface area contributed by atoms with Gasteiger partial charge in [0.15, 0.2) is 0 Å². The van der Waals surface area contributed by atoms with Crippen LogP contribution < -0.4 is 16.3 Å². The van der Waals surface area contributed by atoms with Crippen LogP contribution in [-0.2, 0) is 9.63 Å². The van der Waals surface area contributed by atoms with E-state index < -0.39 is 0 Å². The average Bonchev–Trinajstić information content (AvgIpc) is 3.14. The molecule has 2 unspecified atom stereocenters. The average molecular weight is 367 g/mol. The molecule has 2 fully saturated rings. The van der Waals surface area contributed by atoms with Crippen LogP contribution in [0.1, 0.15) is 71.1 Å². The maximum absolute atomic E-state index is 11.9. The molecule has 26 heavy (non-hydrogen) atoms. The number of amides is 1. The first-order valence-corrected chi connectivity index (χ1v) is 10.3. The van der Waals surface area contributed by atoms with Crippen LogP contribution >= 0.6 is 0 Å². The molecule has 1 heterocycles. The molecule has 2 aliphatic carbocycles. The third kappa shape index (κ3) is 4.75.